The van der Waals surface area contributed by atoms with Gasteiger partial charge in [-0.05, 0) is 56.0 Å². The number of likely N-dealkylation sites (tertiary alicyclic amines) is 2. The van der Waals surface area contributed by atoms with Crippen LogP contribution in [0.2, 0.25) is 5.02 Å². The van der Waals surface area contributed by atoms with Crippen LogP contribution in [-0.4, -0.2) is 60.2 Å². The van der Waals surface area contributed by atoms with Gasteiger partial charge in [-0.1, -0.05) is 11.6 Å². The molecule has 2 fully saturated rings. The number of nitrogens with zero attached hydrogens (tertiary/aromatic N) is 2. The van der Waals surface area contributed by atoms with Crippen LogP contribution in [0.5, 0.6) is 17.2 Å². The van der Waals surface area contributed by atoms with Crippen LogP contribution in [0, 0.1) is 0 Å². The lowest BCUT2D eigenvalue weighted by Crippen LogP contribution is -2.38. The Morgan fingerprint density at radius 1 is 1.10 bits per heavy atom. The van der Waals surface area contributed by atoms with Gasteiger partial charge in [0.1, 0.15) is 23.4 Å². The molecule has 0 saturated carbocycles. The molecule has 2 aliphatic rings. The van der Waals surface area contributed by atoms with Gasteiger partial charge in [-0.3, -0.25) is 9.69 Å². The van der Waals surface area contributed by atoms with Gasteiger partial charge in [0.05, 0.1) is 12.7 Å². The van der Waals surface area contributed by atoms with Crippen molar-refractivity contribution in [2.75, 3.05) is 33.3 Å². The molecule has 1 amide bonds. The van der Waals surface area contributed by atoms with E-state index in [0.29, 0.717) is 28.6 Å². The number of hydrogen-bond donors (Lipinski definition) is 1. The lowest BCUT2D eigenvalue weighted by atomic mass is 10.1. The molecule has 4 rings (SSSR count). The minimum Gasteiger partial charge on any atom is -0.508 e. The summed E-state index contributed by atoms with van der Waals surface area (Å²) >= 11 is 6.07. The van der Waals surface area contributed by atoms with Crippen molar-refractivity contribution in [1.29, 1.82) is 0 Å². The Hall–Kier alpha value is -2.44. The van der Waals surface area contributed by atoms with Gasteiger partial charge in [0.25, 0.3) is 5.91 Å². The Labute approximate surface area is 188 Å². The predicted molar refractivity (Wildman–Crippen MR) is 120 cm³/mol. The molecule has 0 aliphatic carbocycles. The van der Waals surface area contributed by atoms with Crippen LogP contribution >= 0.6 is 11.6 Å². The fourth-order valence-corrected chi connectivity index (χ4v) is 4.48. The Morgan fingerprint density at radius 2 is 1.84 bits per heavy atom. The quantitative estimate of drug-likeness (QED) is 0.718. The van der Waals surface area contributed by atoms with Gasteiger partial charge in [-0.25, -0.2) is 0 Å². The molecule has 2 aromatic rings. The molecule has 0 spiro atoms. The standard InChI is InChI=1S/C24H29ClN2O4/c1-30-20-5-6-21(24(29)27-10-2-3-11-27)23(15-20)31-19-8-12-26(13-9-19)16-17-14-18(25)4-7-22(17)28/h4-7,14-15,19,28H,2-3,8-13,16H2,1H3. The molecular weight excluding hydrogens is 416 g/mol. The van der Waals surface area contributed by atoms with Gasteiger partial charge in [-0.15, -0.1) is 0 Å². The largest absolute Gasteiger partial charge is 0.508 e. The van der Waals surface area contributed by atoms with Crippen LogP contribution in [0.25, 0.3) is 0 Å². The normalized spacial score (nSPS) is 17.7. The van der Waals surface area contributed by atoms with E-state index < -0.39 is 0 Å². The zero-order valence-corrected chi connectivity index (χ0v) is 18.6. The summed E-state index contributed by atoms with van der Waals surface area (Å²) < 4.78 is 11.7. The van der Waals surface area contributed by atoms with E-state index in [1.807, 2.05) is 29.2 Å². The fourth-order valence-electron chi connectivity index (χ4n) is 4.28. The van der Waals surface area contributed by atoms with Crippen LogP contribution in [0.3, 0.4) is 0 Å². The number of methoxy groups -OCH3 is 1. The molecule has 0 bridgehead atoms. The van der Waals surface area contributed by atoms with E-state index in [-0.39, 0.29) is 17.8 Å². The monoisotopic (exact) mass is 444 g/mol. The smallest absolute Gasteiger partial charge is 0.257 e. The molecule has 2 aliphatic heterocycles. The predicted octanol–water partition coefficient (Wildman–Crippen LogP) is 4.33. The first-order valence-corrected chi connectivity index (χ1v) is 11.2. The first-order chi connectivity index (χ1) is 15.0. The van der Waals surface area contributed by atoms with Crippen LogP contribution < -0.4 is 9.47 Å². The fraction of sp³-hybridized carbons (Fsp3) is 0.458. The molecule has 0 aromatic heterocycles. The summed E-state index contributed by atoms with van der Waals surface area (Å²) in [6.07, 6.45) is 3.82. The Morgan fingerprint density at radius 3 is 2.55 bits per heavy atom. The van der Waals surface area contributed by atoms with Crippen molar-refractivity contribution in [1.82, 2.24) is 9.80 Å². The van der Waals surface area contributed by atoms with E-state index in [9.17, 15) is 9.90 Å². The van der Waals surface area contributed by atoms with Crippen LogP contribution in [-0.2, 0) is 6.54 Å². The summed E-state index contributed by atoms with van der Waals surface area (Å²) in [5.74, 6) is 1.58. The molecule has 2 aromatic carbocycles. The first kappa shape index (κ1) is 21.8. The van der Waals surface area contributed by atoms with Gasteiger partial charge in [-0.2, -0.15) is 0 Å². The van der Waals surface area contributed by atoms with Gasteiger partial charge < -0.3 is 19.5 Å². The molecule has 0 radical (unpaired) electrons. The number of benzene rings is 2. The molecule has 166 valence electrons. The number of amides is 1. The topological polar surface area (TPSA) is 62.2 Å². The number of aromatic hydroxyl groups is 1. The highest BCUT2D eigenvalue weighted by molar-refractivity contribution is 6.30. The van der Waals surface area contributed by atoms with Crippen molar-refractivity contribution in [3.05, 3.63) is 52.5 Å². The van der Waals surface area contributed by atoms with Gasteiger partial charge in [0, 0.05) is 49.4 Å². The van der Waals surface area contributed by atoms with Crippen molar-refractivity contribution < 1.29 is 19.4 Å². The second-order valence-electron chi connectivity index (χ2n) is 8.23. The molecular formula is C24H29ClN2O4. The molecule has 2 heterocycles. The number of ether oxygens (including phenoxy) is 2. The number of piperidine rings is 1. The number of rotatable bonds is 6. The van der Waals surface area contributed by atoms with E-state index in [1.165, 1.54) is 0 Å². The molecule has 1 N–H and O–H groups in total. The SMILES string of the molecule is COc1ccc(C(=O)N2CCCC2)c(OC2CCN(Cc3cc(Cl)ccc3O)CC2)c1. The summed E-state index contributed by atoms with van der Waals surface area (Å²) in [4.78, 5) is 17.2. The van der Waals surface area contributed by atoms with Crippen molar-refractivity contribution in [2.45, 2.75) is 38.3 Å². The maximum atomic E-state index is 13.0. The van der Waals surface area contributed by atoms with Crippen molar-refractivity contribution in [3.8, 4) is 17.2 Å². The number of carbonyl (C=O) groups excluding carboxylic acids is 1. The first-order valence-electron chi connectivity index (χ1n) is 10.9. The molecule has 31 heavy (non-hydrogen) atoms. The van der Waals surface area contributed by atoms with Crippen molar-refractivity contribution >= 4 is 17.5 Å². The van der Waals surface area contributed by atoms with Crippen LogP contribution in [0.15, 0.2) is 36.4 Å². The van der Waals surface area contributed by atoms with E-state index in [0.717, 1.165) is 57.4 Å². The Balaban J connectivity index is 1.40. The van der Waals surface area contributed by atoms with E-state index in [1.54, 1.807) is 19.2 Å². The molecule has 6 nitrogen and oxygen atoms in total. The number of phenolic OH excluding ortho intramolecular Hbond substituents is 1. The summed E-state index contributed by atoms with van der Waals surface area (Å²) in [6, 6.07) is 10.6. The summed E-state index contributed by atoms with van der Waals surface area (Å²) in [6.45, 7) is 3.95. The van der Waals surface area contributed by atoms with Gasteiger partial charge >= 0.3 is 0 Å². The lowest BCUT2D eigenvalue weighted by molar-refractivity contribution is 0.0764. The number of phenols is 1. The second kappa shape index (κ2) is 9.79. The van der Waals surface area contributed by atoms with Crippen LogP contribution in [0.1, 0.15) is 41.6 Å². The zero-order valence-electron chi connectivity index (χ0n) is 17.8. The minimum absolute atomic E-state index is 0.0291. The Kier molecular flexibility index (Phi) is 6.88. The summed E-state index contributed by atoms with van der Waals surface area (Å²) in [7, 11) is 1.62. The molecule has 7 heteroatoms. The van der Waals surface area contributed by atoms with Gasteiger partial charge in [0.2, 0.25) is 0 Å². The average molecular weight is 445 g/mol. The number of carbonyl (C=O) groups is 1. The van der Waals surface area contributed by atoms with E-state index in [2.05, 4.69) is 4.90 Å². The highest BCUT2D eigenvalue weighted by Crippen LogP contribution is 2.30. The number of halogens is 1. The molecule has 2 saturated heterocycles. The average Bonchev–Trinajstić information content (AvgIpc) is 3.32. The van der Waals surface area contributed by atoms with Gasteiger partial charge in [0.15, 0.2) is 0 Å². The maximum absolute atomic E-state index is 13.0. The molecule has 0 atom stereocenters. The Bertz CT molecular complexity index is 922. The minimum atomic E-state index is 0.0291. The summed E-state index contributed by atoms with van der Waals surface area (Å²) in [5, 5.41) is 10.7. The van der Waals surface area contributed by atoms with E-state index in [4.69, 9.17) is 21.1 Å². The third-order valence-electron chi connectivity index (χ3n) is 6.08. The van der Waals surface area contributed by atoms with E-state index >= 15 is 0 Å². The number of hydrogen-bond acceptors (Lipinski definition) is 5. The second-order valence-corrected chi connectivity index (χ2v) is 8.66. The van der Waals surface area contributed by atoms with Crippen molar-refractivity contribution in [2.24, 2.45) is 0 Å². The van der Waals surface area contributed by atoms with Crippen molar-refractivity contribution in [3.63, 3.8) is 0 Å². The highest BCUT2D eigenvalue weighted by Gasteiger charge is 2.26. The van der Waals surface area contributed by atoms with Crippen LogP contribution in [0.4, 0.5) is 0 Å². The maximum Gasteiger partial charge on any atom is 0.257 e. The lowest BCUT2D eigenvalue weighted by Gasteiger charge is -2.32. The summed E-state index contributed by atoms with van der Waals surface area (Å²) in [5.41, 5.74) is 1.44. The highest BCUT2D eigenvalue weighted by atomic mass is 35.5. The third kappa shape index (κ3) is 5.25. The third-order valence-corrected chi connectivity index (χ3v) is 6.31. The molecule has 0 unspecified atom stereocenters. The zero-order chi connectivity index (χ0) is 21.8.